The Hall–Kier alpha value is -3.72. The van der Waals surface area contributed by atoms with Crippen LogP contribution in [0.3, 0.4) is 0 Å². The summed E-state index contributed by atoms with van der Waals surface area (Å²) >= 11 is 0. The molecule has 0 heterocycles. The van der Waals surface area contributed by atoms with Gasteiger partial charge in [0.2, 0.25) is 11.8 Å². The highest BCUT2D eigenvalue weighted by molar-refractivity contribution is 7.92. The Morgan fingerprint density at radius 2 is 1.50 bits per heavy atom. The smallest absolute Gasteiger partial charge is 0.264 e. The third kappa shape index (κ3) is 7.41. The van der Waals surface area contributed by atoms with Crippen LogP contribution in [0, 0.1) is 5.82 Å². The third-order valence-corrected chi connectivity index (χ3v) is 7.92. The van der Waals surface area contributed by atoms with Crippen LogP contribution in [0.4, 0.5) is 10.1 Å². The van der Waals surface area contributed by atoms with Gasteiger partial charge in [-0.05, 0) is 54.8 Å². The molecule has 0 bridgehead atoms. The molecule has 1 N–H and O–H groups in total. The molecule has 202 valence electrons. The zero-order valence-corrected chi connectivity index (χ0v) is 22.5. The first-order valence-corrected chi connectivity index (χ1v) is 14.2. The number of sulfonamides is 1. The fraction of sp³-hybridized carbons (Fsp3) is 0.310. The Morgan fingerprint density at radius 1 is 0.895 bits per heavy atom. The molecule has 1 atom stereocenters. The Bertz CT molecular complexity index is 1290. The second-order valence-corrected chi connectivity index (χ2v) is 10.7. The van der Waals surface area contributed by atoms with E-state index in [4.69, 9.17) is 0 Å². The van der Waals surface area contributed by atoms with Gasteiger partial charge in [0.25, 0.3) is 10.0 Å². The minimum atomic E-state index is -4.22. The number of amides is 2. The number of carbonyl (C=O) groups is 2. The fourth-order valence-corrected chi connectivity index (χ4v) is 5.48. The first-order chi connectivity index (χ1) is 18.3. The van der Waals surface area contributed by atoms with Crippen LogP contribution in [0.2, 0.25) is 0 Å². The van der Waals surface area contributed by atoms with Crippen LogP contribution in [0.1, 0.15) is 38.7 Å². The molecule has 0 radical (unpaired) electrons. The number of rotatable bonds is 13. The van der Waals surface area contributed by atoms with Gasteiger partial charge in [-0.2, -0.15) is 0 Å². The molecule has 0 aliphatic carbocycles. The van der Waals surface area contributed by atoms with Gasteiger partial charge in [-0.15, -0.1) is 0 Å². The molecule has 0 aliphatic heterocycles. The van der Waals surface area contributed by atoms with Crippen molar-refractivity contribution in [1.82, 2.24) is 10.2 Å². The summed E-state index contributed by atoms with van der Waals surface area (Å²) in [6, 6.07) is 21.2. The molecule has 2 amide bonds. The van der Waals surface area contributed by atoms with Crippen molar-refractivity contribution >= 4 is 27.5 Å². The van der Waals surface area contributed by atoms with Gasteiger partial charge < -0.3 is 10.2 Å². The average molecular weight is 540 g/mol. The summed E-state index contributed by atoms with van der Waals surface area (Å²) in [7, 11) is -4.22. The number of benzene rings is 3. The van der Waals surface area contributed by atoms with Gasteiger partial charge in [-0.3, -0.25) is 13.9 Å². The second kappa shape index (κ2) is 13.7. The zero-order valence-electron chi connectivity index (χ0n) is 21.7. The standard InChI is InChI=1S/C29H34FN3O4S/c1-3-5-20-31-29(35)27(4-2)32(21-23-12-8-6-9-13-23)28(34)22-33(25-14-10-7-11-15-25)38(36,37)26-18-16-24(30)17-19-26/h6-19,27H,3-5,20-22H2,1-2H3,(H,31,35)/t27-/m1/s1. The summed E-state index contributed by atoms with van der Waals surface area (Å²) < 4.78 is 41.9. The first kappa shape index (κ1) is 28.8. The van der Waals surface area contributed by atoms with E-state index in [1.807, 2.05) is 44.2 Å². The number of nitrogens with zero attached hydrogens (tertiary/aromatic N) is 2. The van der Waals surface area contributed by atoms with E-state index in [1.165, 1.54) is 17.0 Å². The molecule has 0 aliphatic rings. The normalized spacial score (nSPS) is 12.0. The molecule has 38 heavy (non-hydrogen) atoms. The number of unbranched alkanes of at least 4 members (excludes halogenated alkanes) is 1. The van der Waals surface area contributed by atoms with Crippen LogP contribution in [0.5, 0.6) is 0 Å². The molecule has 3 aromatic carbocycles. The van der Waals surface area contributed by atoms with E-state index in [1.54, 1.807) is 30.3 Å². The minimum absolute atomic E-state index is 0.138. The van der Waals surface area contributed by atoms with Crippen molar-refractivity contribution in [3.63, 3.8) is 0 Å². The van der Waals surface area contributed by atoms with Crippen molar-refractivity contribution in [2.75, 3.05) is 17.4 Å². The van der Waals surface area contributed by atoms with Crippen LogP contribution >= 0.6 is 0 Å². The van der Waals surface area contributed by atoms with Gasteiger partial charge in [0.1, 0.15) is 18.4 Å². The monoisotopic (exact) mass is 539 g/mol. The summed E-state index contributed by atoms with van der Waals surface area (Å²) in [6.45, 7) is 3.94. The van der Waals surface area contributed by atoms with E-state index < -0.39 is 34.3 Å². The maximum atomic E-state index is 13.9. The van der Waals surface area contributed by atoms with Crippen LogP contribution < -0.4 is 9.62 Å². The number of halogens is 1. The lowest BCUT2D eigenvalue weighted by atomic mass is 10.1. The topological polar surface area (TPSA) is 86.8 Å². The number of hydrogen-bond acceptors (Lipinski definition) is 4. The van der Waals surface area contributed by atoms with E-state index in [9.17, 15) is 22.4 Å². The Kier molecular flexibility index (Phi) is 10.4. The molecule has 0 saturated carbocycles. The summed E-state index contributed by atoms with van der Waals surface area (Å²) in [6.07, 6.45) is 2.08. The van der Waals surface area contributed by atoms with Crippen molar-refractivity contribution in [2.45, 2.75) is 50.6 Å². The summed E-state index contributed by atoms with van der Waals surface area (Å²) in [4.78, 5) is 28.3. The van der Waals surface area contributed by atoms with E-state index >= 15 is 0 Å². The lowest BCUT2D eigenvalue weighted by molar-refractivity contribution is -0.140. The first-order valence-electron chi connectivity index (χ1n) is 12.7. The minimum Gasteiger partial charge on any atom is -0.354 e. The summed E-state index contributed by atoms with van der Waals surface area (Å²) in [5.74, 6) is -1.38. The molecule has 9 heteroatoms. The Balaban J connectivity index is 1.99. The number of nitrogens with one attached hydrogen (secondary N) is 1. The predicted molar refractivity (Wildman–Crippen MR) is 146 cm³/mol. The fourth-order valence-electron chi connectivity index (χ4n) is 4.06. The van der Waals surface area contributed by atoms with Crippen molar-refractivity contribution in [3.8, 4) is 0 Å². The maximum Gasteiger partial charge on any atom is 0.264 e. The molecule has 0 saturated heterocycles. The maximum absolute atomic E-state index is 13.9. The van der Waals surface area contributed by atoms with Gasteiger partial charge in [0, 0.05) is 13.1 Å². The molecule has 3 rings (SSSR count). The molecule has 0 spiro atoms. The second-order valence-electron chi connectivity index (χ2n) is 8.88. The van der Waals surface area contributed by atoms with Gasteiger partial charge in [0.15, 0.2) is 0 Å². The van der Waals surface area contributed by atoms with Crippen molar-refractivity contribution in [3.05, 3.63) is 96.3 Å². The SMILES string of the molecule is CCCCNC(=O)[C@@H](CC)N(Cc1ccccc1)C(=O)CN(c1ccccc1)S(=O)(=O)c1ccc(F)cc1. The largest absolute Gasteiger partial charge is 0.354 e. The number of hydrogen-bond donors (Lipinski definition) is 1. The lowest BCUT2D eigenvalue weighted by Crippen LogP contribution is -2.52. The summed E-state index contributed by atoms with van der Waals surface area (Å²) in [5, 5.41) is 2.90. The van der Waals surface area contributed by atoms with E-state index in [0.717, 1.165) is 34.8 Å². The van der Waals surface area contributed by atoms with Gasteiger partial charge in [-0.1, -0.05) is 68.8 Å². The van der Waals surface area contributed by atoms with Crippen LogP contribution in [0.25, 0.3) is 0 Å². The molecule has 0 aromatic heterocycles. The number of para-hydroxylation sites is 1. The molecule has 0 unspecified atom stereocenters. The lowest BCUT2D eigenvalue weighted by Gasteiger charge is -2.33. The van der Waals surface area contributed by atoms with E-state index in [0.29, 0.717) is 13.0 Å². The number of anilines is 1. The van der Waals surface area contributed by atoms with Crippen LogP contribution in [-0.2, 0) is 26.2 Å². The Labute approximate surface area is 224 Å². The highest BCUT2D eigenvalue weighted by Crippen LogP contribution is 2.25. The average Bonchev–Trinajstić information content (AvgIpc) is 2.93. The van der Waals surface area contributed by atoms with Crippen molar-refractivity contribution in [1.29, 1.82) is 0 Å². The van der Waals surface area contributed by atoms with E-state index in [2.05, 4.69) is 5.32 Å². The highest BCUT2D eigenvalue weighted by Gasteiger charge is 2.33. The zero-order chi connectivity index (χ0) is 27.5. The summed E-state index contributed by atoms with van der Waals surface area (Å²) in [5.41, 5.74) is 1.10. The number of carbonyl (C=O) groups excluding carboxylic acids is 2. The predicted octanol–water partition coefficient (Wildman–Crippen LogP) is 4.74. The quantitative estimate of drug-likeness (QED) is 0.318. The van der Waals surface area contributed by atoms with Crippen LogP contribution in [0.15, 0.2) is 89.8 Å². The molecular formula is C29H34FN3O4S. The Morgan fingerprint density at radius 3 is 2.08 bits per heavy atom. The molecule has 0 fully saturated rings. The van der Waals surface area contributed by atoms with Gasteiger partial charge in [-0.25, -0.2) is 12.8 Å². The van der Waals surface area contributed by atoms with Gasteiger partial charge >= 0.3 is 0 Å². The van der Waals surface area contributed by atoms with Gasteiger partial charge in [0.05, 0.1) is 10.6 Å². The molecule has 3 aromatic rings. The van der Waals surface area contributed by atoms with Crippen molar-refractivity contribution < 1.29 is 22.4 Å². The highest BCUT2D eigenvalue weighted by atomic mass is 32.2. The third-order valence-electron chi connectivity index (χ3n) is 6.14. The molecular weight excluding hydrogens is 505 g/mol. The van der Waals surface area contributed by atoms with Crippen molar-refractivity contribution in [2.24, 2.45) is 0 Å². The van der Waals surface area contributed by atoms with Crippen LogP contribution in [-0.4, -0.2) is 44.3 Å². The van der Waals surface area contributed by atoms with E-state index in [-0.39, 0.29) is 23.0 Å². The molecule has 7 nitrogen and oxygen atoms in total.